The first-order valence-corrected chi connectivity index (χ1v) is 8.12. The molecule has 1 heterocycles. The second kappa shape index (κ2) is 6.80. The van der Waals surface area contributed by atoms with Crippen LogP contribution in [0.25, 0.3) is 0 Å². The number of nitrogens with zero attached hydrogens (tertiary/aromatic N) is 2. The van der Waals surface area contributed by atoms with Gasteiger partial charge >= 0.3 is 0 Å². The third-order valence-electron chi connectivity index (χ3n) is 3.22. The van der Waals surface area contributed by atoms with Crippen molar-refractivity contribution in [1.82, 2.24) is 9.29 Å². The van der Waals surface area contributed by atoms with E-state index in [4.69, 9.17) is 5.73 Å². The van der Waals surface area contributed by atoms with Crippen LogP contribution in [0.2, 0.25) is 0 Å². The Morgan fingerprint density at radius 3 is 2.24 bits per heavy atom. The number of pyridine rings is 1. The van der Waals surface area contributed by atoms with Crippen molar-refractivity contribution in [2.45, 2.75) is 17.9 Å². The highest BCUT2D eigenvalue weighted by atomic mass is 32.2. The maximum atomic E-state index is 12.5. The van der Waals surface area contributed by atoms with Gasteiger partial charge < -0.3 is 5.73 Å². The Hall–Kier alpha value is -1.76. The first kappa shape index (κ1) is 15.6. The number of aromatic nitrogens is 1. The predicted molar refractivity (Wildman–Crippen MR) is 82.1 cm³/mol. The standard InChI is InChI=1S/C15H19N3O2S/c1-18(12-14-7-10-17-11-8-14)21(19,20)15-4-2-13(3-5-15)6-9-16/h2-5,7-8,10-11H,6,9,12,16H2,1H3. The number of nitrogens with two attached hydrogens (primary N) is 1. The number of hydrogen-bond acceptors (Lipinski definition) is 4. The summed E-state index contributed by atoms with van der Waals surface area (Å²) in [4.78, 5) is 4.21. The van der Waals surface area contributed by atoms with Crippen LogP contribution in [-0.4, -0.2) is 31.3 Å². The van der Waals surface area contributed by atoms with Crippen molar-refractivity contribution in [2.24, 2.45) is 5.73 Å². The molecule has 0 fully saturated rings. The van der Waals surface area contributed by atoms with Crippen molar-refractivity contribution in [2.75, 3.05) is 13.6 Å². The summed E-state index contributed by atoms with van der Waals surface area (Å²) in [6, 6.07) is 10.5. The molecule has 0 amide bonds. The van der Waals surface area contributed by atoms with Gasteiger partial charge in [0, 0.05) is 26.0 Å². The molecule has 0 unspecified atom stereocenters. The average Bonchev–Trinajstić information content (AvgIpc) is 2.49. The molecule has 0 aliphatic rings. The van der Waals surface area contributed by atoms with Crippen LogP contribution in [0, 0.1) is 0 Å². The van der Waals surface area contributed by atoms with Crippen LogP contribution < -0.4 is 5.73 Å². The molecule has 0 aliphatic carbocycles. The van der Waals surface area contributed by atoms with Gasteiger partial charge in [-0.25, -0.2) is 8.42 Å². The summed E-state index contributed by atoms with van der Waals surface area (Å²) >= 11 is 0. The molecule has 0 bridgehead atoms. The van der Waals surface area contributed by atoms with Crippen molar-refractivity contribution < 1.29 is 8.42 Å². The van der Waals surface area contributed by atoms with Crippen LogP contribution in [-0.2, 0) is 23.0 Å². The van der Waals surface area contributed by atoms with E-state index in [1.54, 1.807) is 55.8 Å². The lowest BCUT2D eigenvalue weighted by molar-refractivity contribution is 0.466. The number of rotatable bonds is 6. The molecule has 0 aliphatic heterocycles. The monoisotopic (exact) mass is 305 g/mol. The molecular weight excluding hydrogens is 286 g/mol. The molecule has 0 atom stereocenters. The highest BCUT2D eigenvalue weighted by Crippen LogP contribution is 2.17. The van der Waals surface area contributed by atoms with Gasteiger partial charge in [-0.05, 0) is 48.4 Å². The van der Waals surface area contributed by atoms with Crippen molar-refractivity contribution in [3.05, 3.63) is 59.9 Å². The lowest BCUT2D eigenvalue weighted by atomic mass is 10.2. The largest absolute Gasteiger partial charge is 0.330 e. The van der Waals surface area contributed by atoms with Gasteiger partial charge in [-0.2, -0.15) is 4.31 Å². The molecule has 2 rings (SSSR count). The lowest BCUT2D eigenvalue weighted by Gasteiger charge is -2.17. The predicted octanol–water partition coefficient (Wildman–Crippen LogP) is 1.40. The highest BCUT2D eigenvalue weighted by Gasteiger charge is 2.20. The molecule has 2 aromatic rings. The fourth-order valence-electron chi connectivity index (χ4n) is 2.00. The minimum absolute atomic E-state index is 0.292. The van der Waals surface area contributed by atoms with Gasteiger partial charge in [0.15, 0.2) is 0 Å². The Labute approximate surface area is 125 Å². The van der Waals surface area contributed by atoms with Gasteiger partial charge in [-0.1, -0.05) is 12.1 Å². The second-order valence-electron chi connectivity index (χ2n) is 4.80. The zero-order chi connectivity index (χ0) is 15.3. The van der Waals surface area contributed by atoms with Gasteiger partial charge in [-0.15, -0.1) is 0 Å². The van der Waals surface area contributed by atoms with Crippen LogP contribution in [0.5, 0.6) is 0 Å². The summed E-state index contributed by atoms with van der Waals surface area (Å²) in [5, 5.41) is 0. The van der Waals surface area contributed by atoms with Gasteiger partial charge in [0.05, 0.1) is 4.90 Å². The van der Waals surface area contributed by atoms with Crippen molar-refractivity contribution >= 4 is 10.0 Å². The third kappa shape index (κ3) is 3.87. The minimum atomic E-state index is -3.49. The van der Waals surface area contributed by atoms with E-state index in [2.05, 4.69) is 4.98 Å². The summed E-state index contributed by atoms with van der Waals surface area (Å²) in [5.41, 5.74) is 7.42. The smallest absolute Gasteiger partial charge is 0.243 e. The van der Waals surface area contributed by atoms with Crippen LogP contribution >= 0.6 is 0 Å². The van der Waals surface area contributed by atoms with E-state index < -0.39 is 10.0 Å². The first-order chi connectivity index (χ1) is 10.0. The van der Waals surface area contributed by atoms with E-state index in [0.29, 0.717) is 18.0 Å². The normalized spacial score (nSPS) is 11.8. The molecule has 0 saturated heterocycles. The van der Waals surface area contributed by atoms with E-state index in [-0.39, 0.29) is 0 Å². The first-order valence-electron chi connectivity index (χ1n) is 6.68. The maximum Gasteiger partial charge on any atom is 0.243 e. The van der Waals surface area contributed by atoms with Gasteiger partial charge in [0.25, 0.3) is 0 Å². The summed E-state index contributed by atoms with van der Waals surface area (Å²) in [6.45, 7) is 0.865. The Morgan fingerprint density at radius 1 is 1.05 bits per heavy atom. The van der Waals surface area contributed by atoms with Gasteiger partial charge in [-0.3, -0.25) is 4.98 Å². The van der Waals surface area contributed by atoms with Crippen molar-refractivity contribution in [3.8, 4) is 0 Å². The van der Waals surface area contributed by atoms with Crippen molar-refractivity contribution in [3.63, 3.8) is 0 Å². The molecule has 21 heavy (non-hydrogen) atoms. The molecular formula is C15H19N3O2S. The molecule has 2 N–H and O–H groups in total. The number of hydrogen-bond donors (Lipinski definition) is 1. The third-order valence-corrected chi connectivity index (χ3v) is 5.04. The fraction of sp³-hybridized carbons (Fsp3) is 0.267. The van der Waals surface area contributed by atoms with Gasteiger partial charge in [0.2, 0.25) is 10.0 Å². The lowest BCUT2D eigenvalue weighted by Crippen LogP contribution is -2.26. The van der Waals surface area contributed by atoms with E-state index in [9.17, 15) is 8.42 Å². The Kier molecular flexibility index (Phi) is 5.06. The van der Waals surface area contributed by atoms with Crippen LogP contribution in [0.3, 0.4) is 0 Å². The summed E-state index contributed by atoms with van der Waals surface area (Å²) in [7, 11) is -1.91. The molecule has 112 valence electrons. The molecule has 0 spiro atoms. The van der Waals surface area contributed by atoms with Crippen LogP contribution in [0.4, 0.5) is 0 Å². The summed E-state index contributed by atoms with van der Waals surface area (Å²) < 4.78 is 26.3. The molecule has 1 aromatic heterocycles. The zero-order valence-corrected chi connectivity index (χ0v) is 12.8. The van der Waals surface area contributed by atoms with E-state index in [0.717, 1.165) is 17.5 Å². The van der Waals surface area contributed by atoms with Gasteiger partial charge in [0.1, 0.15) is 0 Å². The topological polar surface area (TPSA) is 76.3 Å². The van der Waals surface area contributed by atoms with Crippen LogP contribution in [0.1, 0.15) is 11.1 Å². The molecule has 5 nitrogen and oxygen atoms in total. The maximum absolute atomic E-state index is 12.5. The Morgan fingerprint density at radius 2 is 1.67 bits per heavy atom. The van der Waals surface area contributed by atoms with Crippen molar-refractivity contribution in [1.29, 1.82) is 0 Å². The minimum Gasteiger partial charge on any atom is -0.330 e. The quantitative estimate of drug-likeness (QED) is 0.875. The molecule has 0 saturated carbocycles. The van der Waals surface area contributed by atoms with E-state index in [1.165, 1.54) is 4.31 Å². The Balaban J connectivity index is 2.16. The molecule has 1 aromatic carbocycles. The molecule has 6 heteroatoms. The fourth-order valence-corrected chi connectivity index (χ4v) is 3.16. The molecule has 0 radical (unpaired) electrons. The van der Waals surface area contributed by atoms with E-state index in [1.807, 2.05) is 0 Å². The number of sulfonamides is 1. The Bertz CT molecular complexity index is 670. The van der Waals surface area contributed by atoms with Crippen LogP contribution in [0.15, 0.2) is 53.7 Å². The SMILES string of the molecule is CN(Cc1ccncc1)S(=O)(=O)c1ccc(CCN)cc1. The average molecular weight is 305 g/mol. The highest BCUT2D eigenvalue weighted by molar-refractivity contribution is 7.89. The van der Waals surface area contributed by atoms with E-state index >= 15 is 0 Å². The summed E-state index contributed by atoms with van der Waals surface area (Å²) in [5.74, 6) is 0. The number of benzene rings is 1. The second-order valence-corrected chi connectivity index (χ2v) is 6.84. The zero-order valence-electron chi connectivity index (χ0n) is 11.9. The summed E-state index contributed by atoms with van der Waals surface area (Å²) in [6.07, 6.45) is 4.04.